The van der Waals surface area contributed by atoms with Gasteiger partial charge in [0, 0.05) is 41.6 Å². The third-order valence-electron chi connectivity index (χ3n) is 4.46. The number of nitrogens with one attached hydrogen (secondary N) is 2. The summed E-state index contributed by atoms with van der Waals surface area (Å²) in [7, 11) is 0. The average Bonchev–Trinajstić information content (AvgIpc) is 3.05. The summed E-state index contributed by atoms with van der Waals surface area (Å²) in [6.07, 6.45) is 9.79. The van der Waals surface area contributed by atoms with E-state index in [1.807, 2.05) is 24.5 Å². The second-order valence-corrected chi connectivity index (χ2v) is 6.16. The Hall–Kier alpha value is -2.18. The van der Waals surface area contributed by atoms with Crippen LogP contribution in [-0.4, -0.2) is 32.0 Å². The van der Waals surface area contributed by atoms with Gasteiger partial charge in [-0.2, -0.15) is 0 Å². The molecule has 24 heavy (non-hydrogen) atoms. The zero-order chi connectivity index (χ0) is 15.6. The first-order valence-electron chi connectivity index (χ1n) is 8.06. The van der Waals surface area contributed by atoms with Crippen molar-refractivity contribution in [3.63, 3.8) is 0 Å². The van der Waals surface area contributed by atoms with Gasteiger partial charge in [0.15, 0.2) is 0 Å². The topological polar surface area (TPSA) is 92.5 Å². The third kappa shape index (κ3) is 3.49. The van der Waals surface area contributed by atoms with Gasteiger partial charge < -0.3 is 16.0 Å². The van der Waals surface area contributed by atoms with Crippen LogP contribution < -0.4 is 11.1 Å². The molecule has 0 aliphatic heterocycles. The normalized spacial score (nSPS) is 20.5. The van der Waals surface area contributed by atoms with E-state index in [0.717, 1.165) is 48.0 Å². The highest BCUT2D eigenvalue weighted by Gasteiger charge is 2.19. The number of anilines is 1. The minimum Gasteiger partial charge on any atom is -0.351 e. The first kappa shape index (κ1) is 16.7. The van der Waals surface area contributed by atoms with Crippen molar-refractivity contribution in [2.24, 2.45) is 5.73 Å². The van der Waals surface area contributed by atoms with Crippen LogP contribution in [0, 0.1) is 0 Å². The van der Waals surface area contributed by atoms with E-state index < -0.39 is 0 Å². The number of H-pyrrole nitrogens is 1. The van der Waals surface area contributed by atoms with E-state index in [1.165, 1.54) is 0 Å². The lowest BCUT2D eigenvalue weighted by Gasteiger charge is -2.26. The lowest BCUT2D eigenvalue weighted by Crippen LogP contribution is -2.33. The molecule has 0 unspecified atom stereocenters. The summed E-state index contributed by atoms with van der Waals surface area (Å²) in [5.74, 6) is 0.678. The van der Waals surface area contributed by atoms with E-state index in [0.29, 0.717) is 18.0 Å². The Morgan fingerprint density at radius 1 is 1.12 bits per heavy atom. The Bertz CT molecular complexity index is 809. The van der Waals surface area contributed by atoms with Crippen molar-refractivity contribution in [1.82, 2.24) is 19.9 Å². The number of nitrogens with two attached hydrogens (primary N) is 1. The standard InChI is InChI=1S/C17H20N6.ClH/c18-13-1-3-14(4-2-13)22-17-20-8-6-15(23-17)12-9-11-5-7-19-16(11)21-10-12;/h5-10,13-14H,1-4,18H2,(H,19,21)(H,20,22,23);1H. The fourth-order valence-corrected chi connectivity index (χ4v) is 3.12. The Kier molecular flexibility index (Phi) is 4.97. The number of nitrogens with zero attached hydrogens (tertiary/aromatic N) is 3. The van der Waals surface area contributed by atoms with E-state index in [1.54, 1.807) is 6.20 Å². The molecule has 7 heteroatoms. The van der Waals surface area contributed by atoms with Gasteiger partial charge in [0.05, 0.1) is 5.69 Å². The van der Waals surface area contributed by atoms with E-state index in [9.17, 15) is 0 Å². The van der Waals surface area contributed by atoms with Crippen LogP contribution in [0.1, 0.15) is 25.7 Å². The van der Waals surface area contributed by atoms with Gasteiger partial charge in [0.2, 0.25) is 5.95 Å². The SMILES string of the molecule is Cl.NC1CCC(Nc2nccc(-c3cnc4[nH]ccc4c3)n2)CC1. The molecule has 6 nitrogen and oxygen atoms in total. The molecule has 0 saturated heterocycles. The number of aromatic nitrogens is 4. The molecule has 0 amide bonds. The maximum atomic E-state index is 5.96. The molecule has 3 aromatic rings. The molecule has 0 bridgehead atoms. The molecule has 1 fully saturated rings. The van der Waals surface area contributed by atoms with Crippen LogP contribution in [0.15, 0.2) is 36.8 Å². The van der Waals surface area contributed by atoms with Crippen LogP contribution >= 0.6 is 12.4 Å². The molecule has 4 N–H and O–H groups in total. The summed E-state index contributed by atoms with van der Waals surface area (Å²) in [5, 5.41) is 4.52. The van der Waals surface area contributed by atoms with Crippen molar-refractivity contribution in [2.45, 2.75) is 37.8 Å². The Morgan fingerprint density at radius 3 is 2.79 bits per heavy atom. The van der Waals surface area contributed by atoms with Gasteiger partial charge in [-0.1, -0.05) is 0 Å². The van der Waals surface area contributed by atoms with Crippen LogP contribution in [0.2, 0.25) is 0 Å². The summed E-state index contributed by atoms with van der Waals surface area (Å²) in [5.41, 5.74) is 8.72. The third-order valence-corrected chi connectivity index (χ3v) is 4.46. The van der Waals surface area contributed by atoms with Gasteiger partial charge in [-0.15, -0.1) is 12.4 Å². The van der Waals surface area contributed by atoms with Gasteiger partial charge in [0.1, 0.15) is 5.65 Å². The molecule has 1 saturated carbocycles. The molecule has 1 aliphatic carbocycles. The number of fused-ring (bicyclic) bond motifs is 1. The highest BCUT2D eigenvalue weighted by atomic mass is 35.5. The summed E-state index contributed by atoms with van der Waals surface area (Å²) in [4.78, 5) is 16.5. The molecule has 0 radical (unpaired) electrons. The molecule has 1 aliphatic rings. The summed E-state index contributed by atoms with van der Waals surface area (Å²) < 4.78 is 0. The van der Waals surface area contributed by atoms with Crippen molar-refractivity contribution < 1.29 is 0 Å². The summed E-state index contributed by atoms with van der Waals surface area (Å²) >= 11 is 0. The summed E-state index contributed by atoms with van der Waals surface area (Å²) in [6.45, 7) is 0. The number of halogens is 1. The van der Waals surface area contributed by atoms with Gasteiger partial charge in [-0.05, 0) is 43.9 Å². The zero-order valence-electron chi connectivity index (χ0n) is 13.3. The molecular formula is C17H21ClN6. The number of hydrogen-bond acceptors (Lipinski definition) is 5. The van der Waals surface area contributed by atoms with Gasteiger partial charge in [0.25, 0.3) is 0 Å². The number of hydrogen-bond donors (Lipinski definition) is 3. The molecule has 0 atom stereocenters. The lowest BCUT2D eigenvalue weighted by molar-refractivity contribution is 0.410. The fourth-order valence-electron chi connectivity index (χ4n) is 3.12. The predicted molar refractivity (Wildman–Crippen MR) is 98.2 cm³/mol. The van der Waals surface area contributed by atoms with Crippen LogP contribution in [0.5, 0.6) is 0 Å². The fraction of sp³-hybridized carbons (Fsp3) is 0.353. The quantitative estimate of drug-likeness (QED) is 0.678. The molecule has 3 heterocycles. The van der Waals surface area contributed by atoms with Crippen LogP contribution in [0.3, 0.4) is 0 Å². The smallest absolute Gasteiger partial charge is 0.223 e. The van der Waals surface area contributed by atoms with Crippen LogP contribution in [0.4, 0.5) is 5.95 Å². The number of aromatic amines is 1. The van der Waals surface area contributed by atoms with Crippen molar-refractivity contribution in [3.05, 3.63) is 36.8 Å². The van der Waals surface area contributed by atoms with Gasteiger partial charge >= 0.3 is 0 Å². The Morgan fingerprint density at radius 2 is 1.96 bits per heavy atom. The molecular weight excluding hydrogens is 324 g/mol. The van der Waals surface area contributed by atoms with E-state index in [4.69, 9.17) is 5.73 Å². The molecule has 0 aromatic carbocycles. The first-order valence-corrected chi connectivity index (χ1v) is 8.06. The van der Waals surface area contributed by atoms with E-state index in [2.05, 4.69) is 31.3 Å². The van der Waals surface area contributed by atoms with E-state index >= 15 is 0 Å². The molecule has 126 valence electrons. The minimum atomic E-state index is 0. The minimum absolute atomic E-state index is 0. The van der Waals surface area contributed by atoms with Crippen molar-refractivity contribution in [1.29, 1.82) is 0 Å². The number of rotatable bonds is 3. The first-order chi connectivity index (χ1) is 11.3. The largest absolute Gasteiger partial charge is 0.351 e. The van der Waals surface area contributed by atoms with Crippen LogP contribution in [0.25, 0.3) is 22.3 Å². The van der Waals surface area contributed by atoms with Crippen LogP contribution in [-0.2, 0) is 0 Å². The molecule has 3 aromatic heterocycles. The zero-order valence-corrected chi connectivity index (χ0v) is 14.1. The monoisotopic (exact) mass is 344 g/mol. The van der Waals surface area contributed by atoms with Gasteiger partial charge in [-0.3, -0.25) is 0 Å². The maximum absolute atomic E-state index is 5.96. The Labute approximate surface area is 146 Å². The highest BCUT2D eigenvalue weighted by Crippen LogP contribution is 2.23. The van der Waals surface area contributed by atoms with E-state index in [-0.39, 0.29) is 12.4 Å². The highest BCUT2D eigenvalue weighted by molar-refractivity contribution is 5.85. The lowest BCUT2D eigenvalue weighted by atomic mass is 9.92. The van der Waals surface area contributed by atoms with Crippen molar-refractivity contribution in [2.75, 3.05) is 5.32 Å². The second-order valence-electron chi connectivity index (χ2n) is 6.16. The van der Waals surface area contributed by atoms with Gasteiger partial charge in [-0.25, -0.2) is 15.0 Å². The number of pyridine rings is 1. The van der Waals surface area contributed by atoms with Crippen molar-refractivity contribution >= 4 is 29.4 Å². The molecule has 4 rings (SSSR count). The summed E-state index contributed by atoms with van der Waals surface area (Å²) in [6, 6.07) is 6.77. The van der Waals surface area contributed by atoms with Crippen molar-refractivity contribution in [3.8, 4) is 11.3 Å². The molecule has 0 spiro atoms. The second kappa shape index (κ2) is 7.15. The maximum Gasteiger partial charge on any atom is 0.223 e. The predicted octanol–water partition coefficient (Wildman–Crippen LogP) is 3.12. The Balaban J connectivity index is 0.00000169. The average molecular weight is 345 g/mol.